The number of aryl methyl sites for hydroxylation is 1. The Morgan fingerprint density at radius 1 is 1.18 bits per heavy atom. The number of alkyl halides is 3. The molecule has 1 saturated heterocycles. The Kier molecular flexibility index (Phi) is 6.70. The fourth-order valence-corrected chi connectivity index (χ4v) is 4.18. The Hall–Kier alpha value is -3.27. The van der Waals surface area contributed by atoms with E-state index in [0.717, 1.165) is 5.69 Å². The van der Waals surface area contributed by atoms with Gasteiger partial charge < -0.3 is 19.5 Å². The van der Waals surface area contributed by atoms with Crippen molar-refractivity contribution in [2.24, 2.45) is 0 Å². The largest absolute Gasteiger partial charge is 0.573 e. The number of hydrogen-bond acceptors (Lipinski definition) is 5. The third-order valence-corrected chi connectivity index (χ3v) is 5.87. The minimum absolute atomic E-state index is 0.000986. The van der Waals surface area contributed by atoms with Gasteiger partial charge in [0, 0.05) is 24.8 Å². The number of anilines is 1. The number of rotatable bonds is 5. The van der Waals surface area contributed by atoms with Crippen LogP contribution >= 0.6 is 11.6 Å². The van der Waals surface area contributed by atoms with E-state index in [9.17, 15) is 22.4 Å². The molecule has 0 saturated carbocycles. The second-order valence-electron chi connectivity index (χ2n) is 7.84. The van der Waals surface area contributed by atoms with Crippen molar-refractivity contribution in [3.05, 3.63) is 64.6 Å². The summed E-state index contributed by atoms with van der Waals surface area (Å²) < 4.78 is 60.4. The molecule has 6 nitrogen and oxygen atoms in total. The van der Waals surface area contributed by atoms with Gasteiger partial charge in [-0.25, -0.2) is 4.39 Å². The molecule has 4 rings (SSSR count). The molecule has 0 atom stereocenters. The smallest absolute Gasteiger partial charge is 0.406 e. The summed E-state index contributed by atoms with van der Waals surface area (Å²) in [6.45, 7) is 2.73. The highest BCUT2D eigenvalue weighted by Crippen LogP contribution is 2.34. The number of ether oxygens (including phenoxy) is 1. The number of halogens is 5. The lowest BCUT2D eigenvalue weighted by atomic mass is 10.0. The lowest BCUT2D eigenvalue weighted by molar-refractivity contribution is -0.274. The monoisotopic (exact) mass is 497 g/mol. The first-order chi connectivity index (χ1) is 16.1. The van der Waals surface area contributed by atoms with Gasteiger partial charge >= 0.3 is 6.36 Å². The molecule has 1 aromatic heterocycles. The summed E-state index contributed by atoms with van der Waals surface area (Å²) in [5.41, 5.74) is 0.913. The predicted molar refractivity (Wildman–Crippen MR) is 117 cm³/mol. The maximum atomic E-state index is 14.4. The van der Waals surface area contributed by atoms with Gasteiger partial charge in [-0.2, -0.15) is 0 Å². The third kappa shape index (κ3) is 5.27. The van der Waals surface area contributed by atoms with Crippen LogP contribution in [-0.2, 0) is 0 Å². The number of piperidine rings is 1. The molecule has 2 aromatic carbocycles. The van der Waals surface area contributed by atoms with Gasteiger partial charge in [0.25, 0.3) is 5.91 Å². The van der Waals surface area contributed by atoms with E-state index in [4.69, 9.17) is 16.1 Å². The second-order valence-corrected chi connectivity index (χ2v) is 8.24. The van der Waals surface area contributed by atoms with E-state index in [1.807, 2.05) is 4.90 Å². The molecule has 0 unspecified atom stereocenters. The number of amides is 1. The number of aromatic nitrogens is 1. The van der Waals surface area contributed by atoms with Gasteiger partial charge in [0.1, 0.15) is 28.6 Å². The predicted octanol–water partition coefficient (Wildman–Crippen LogP) is 5.74. The minimum atomic E-state index is -4.74. The molecular formula is C23H20ClF4N3O3. The maximum Gasteiger partial charge on any atom is 0.573 e. The normalized spacial score (nSPS) is 14.8. The first kappa shape index (κ1) is 23.9. The fraction of sp³-hybridized carbons (Fsp3) is 0.304. The summed E-state index contributed by atoms with van der Waals surface area (Å²) in [5, 5.41) is 6.91. The Balaban J connectivity index is 1.40. The summed E-state index contributed by atoms with van der Waals surface area (Å²) >= 11 is 6.13. The van der Waals surface area contributed by atoms with E-state index in [2.05, 4.69) is 15.2 Å². The number of carbonyl (C=O) groups is 1. The molecule has 180 valence electrons. The molecule has 1 N–H and O–H groups in total. The first-order valence-corrected chi connectivity index (χ1v) is 10.8. The van der Waals surface area contributed by atoms with E-state index in [1.54, 1.807) is 19.1 Å². The zero-order valence-electron chi connectivity index (χ0n) is 18.0. The van der Waals surface area contributed by atoms with Crippen LogP contribution in [0.25, 0.3) is 11.3 Å². The van der Waals surface area contributed by atoms with Crippen molar-refractivity contribution in [1.82, 2.24) is 10.5 Å². The van der Waals surface area contributed by atoms with Crippen molar-refractivity contribution in [1.29, 1.82) is 0 Å². The van der Waals surface area contributed by atoms with Crippen LogP contribution in [0.2, 0.25) is 5.02 Å². The maximum absolute atomic E-state index is 14.4. The highest BCUT2D eigenvalue weighted by atomic mass is 35.5. The van der Waals surface area contributed by atoms with Crippen LogP contribution in [0.1, 0.15) is 29.0 Å². The van der Waals surface area contributed by atoms with E-state index >= 15 is 0 Å². The van der Waals surface area contributed by atoms with Crippen molar-refractivity contribution in [2.75, 3.05) is 18.0 Å². The van der Waals surface area contributed by atoms with Crippen molar-refractivity contribution in [3.8, 4) is 17.0 Å². The average molecular weight is 498 g/mol. The quantitative estimate of drug-likeness (QED) is 0.455. The zero-order chi connectivity index (χ0) is 24.5. The average Bonchev–Trinajstić information content (AvgIpc) is 3.15. The molecule has 1 fully saturated rings. The Labute approximate surface area is 197 Å². The summed E-state index contributed by atoms with van der Waals surface area (Å²) in [6, 6.07) is 9.68. The molecule has 0 aliphatic carbocycles. The van der Waals surface area contributed by atoms with Crippen LogP contribution in [0, 0.1) is 12.7 Å². The van der Waals surface area contributed by atoms with Crippen molar-refractivity contribution in [2.45, 2.75) is 32.2 Å². The lowest BCUT2D eigenvalue weighted by Gasteiger charge is -2.34. The Bertz CT molecular complexity index is 1150. The molecule has 2 heterocycles. The van der Waals surface area contributed by atoms with Gasteiger partial charge in [-0.05, 0) is 56.2 Å². The van der Waals surface area contributed by atoms with Crippen molar-refractivity contribution in [3.63, 3.8) is 0 Å². The van der Waals surface area contributed by atoms with Crippen LogP contribution in [0.5, 0.6) is 5.75 Å². The van der Waals surface area contributed by atoms with Crippen LogP contribution < -0.4 is 15.0 Å². The van der Waals surface area contributed by atoms with E-state index in [0.29, 0.717) is 25.9 Å². The molecule has 0 spiro atoms. The Morgan fingerprint density at radius 3 is 2.47 bits per heavy atom. The van der Waals surface area contributed by atoms with E-state index in [-0.39, 0.29) is 39.4 Å². The van der Waals surface area contributed by atoms with Gasteiger partial charge in [0.2, 0.25) is 0 Å². The number of nitrogens with one attached hydrogen (secondary N) is 1. The van der Waals surface area contributed by atoms with Gasteiger partial charge in [0.05, 0.1) is 10.6 Å². The molecule has 0 bridgehead atoms. The van der Waals surface area contributed by atoms with Crippen LogP contribution in [0.3, 0.4) is 0 Å². The van der Waals surface area contributed by atoms with Crippen LogP contribution in [0.15, 0.2) is 47.0 Å². The fourth-order valence-electron chi connectivity index (χ4n) is 3.93. The summed E-state index contributed by atoms with van der Waals surface area (Å²) in [6.07, 6.45) is -3.53. The molecule has 1 aliphatic heterocycles. The van der Waals surface area contributed by atoms with E-state index < -0.39 is 18.1 Å². The minimum Gasteiger partial charge on any atom is -0.406 e. The van der Waals surface area contributed by atoms with Crippen LogP contribution in [-0.4, -0.2) is 36.6 Å². The lowest BCUT2D eigenvalue weighted by Crippen LogP contribution is -2.44. The van der Waals surface area contributed by atoms with Gasteiger partial charge in [-0.15, -0.1) is 13.2 Å². The summed E-state index contributed by atoms with van der Waals surface area (Å²) in [7, 11) is 0. The van der Waals surface area contributed by atoms with Crippen molar-refractivity contribution < 1.29 is 31.6 Å². The Morgan fingerprint density at radius 2 is 1.85 bits per heavy atom. The standard InChI is InChI=1S/C23H20ClF4N3O3/c1-13-19(21(30-34-13)20-17(24)3-2-4-18(20)25)22(32)29-14-9-11-31(12-10-14)15-5-7-16(8-6-15)33-23(26,27)28/h2-8,14H,9-12H2,1H3,(H,29,32). The third-order valence-electron chi connectivity index (χ3n) is 5.55. The second kappa shape index (κ2) is 9.54. The topological polar surface area (TPSA) is 67.6 Å². The highest BCUT2D eigenvalue weighted by Gasteiger charge is 2.31. The summed E-state index contributed by atoms with van der Waals surface area (Å²) in [5.74, 6) is -1.10. The van der Waals surface area contributed by atoms with Crippen LogP contribution in [0.4, 0.5) is 23.2 Å². The molecule has 34 heavy (non-hydrogen) atoms. The molecule has 1 amide bonds. The molecule has 3 aromatic rings. The van der Waals surface area contributed by atoms with E-state index in [1.165, 1.54) is 30.3 Å². The first-order valence-electron chi connectivity index (χ1n) is 10.4. The summed E-state index contributed by atoms with van der Waals surface area (Å²) in [4.78, 5) is 15.0. The number of benzene rings is 2. The van der Waals surface area contributed by atoms with Gasteiger partial charge in [0.15, 0.2) is 0 Å². The van der Waals surface area contributed by atoms with Gasteiger partial charge in [-0.3, -0.25) is 4.79 Å². The van der Waals surface area contributed by atoms with Crippen molar-refractivity contribution >= 4 is 23.2 Å². The molecule has 1 aliphatic rings. The number of nitrogens with zero attached hydrogens (tertiary/aromatic N) is 2. The molecule has 0 radical (unpaired) electrons. The number of hydrogen-bond donors (Lipinski definition) is 1. The zero-order valence-corrected chi connectivity index (χ0v) is 18.7. The highest BCUT2D eigenvalue weighted by molar-refractivity contribution is 6.33. The SMILES string of the molecule is Cc1onc(-c2c(F)cccc2Cl)c1C(=O)NC1CCN(c2ccc(OC(F)(F)F)cc2)CC1. The molecule has 11 heteroatoms. The number of carbonyl (C=O) groups excluding carboxylic acids is 1. The van der Waals surface area contributed by atoms with Gasteiger partial charge in [-0.1, -0.05) is 22.8 Å². The molecular weight excluding hydrogens is 478 g/mol.